The van der Waals surface area contributed by atoms with Crippen molar-refractivity contribution in [3.8, 4) is 5.75 Å². The van der Waals surface area contributed by atoms with Gasteiger partial charge in [0.2, 0.25) is 0 Å². The van der Waals surface area contributed by atoms with Crippen molar-refractivity contribution in [1.29, 1.82) is 0 Å². The Morgan fingerprint density at radius 3 is 2.42 bits per heavy atom. The minimum Gasteiger partial charge on any atom is -0.497 e. The Labute approximate surface area is 190 Å². The van der Waals surface area contributed by atoms with Gasteiger partial charge in [-0.05, 0) is 69.6 Å². The average molecular weight is 427 g/mol. The molecule has 1 aromatic carbocycles. The molecular weight excluding hydrogens is 384 g/mol. The third-order valence-electron chi connectivity index (χ3n) is 5.11. The maximum absolute atomic E-state index is 6.33. The lowest BCUT2D eigenvalue weighted by molar-refractivity contribution is 0.00368. The standard InChI is InChI=1S/C28H42O3/c1-7-12-28(21-24(5)14-11-13-23(3)4)31-26(8-2)15-9-10-20-30-22-25-16-18-27(29-6)19-17-25/h7-10,13,16-19,24,26,28H,1-2,11-12,14-15,20-22H2,3-6H3/b10-9-/t24-,26-,28-/m0/s1. The van der Waals surface area contributed by atoms with Gasteiger partial charge < -0.3 is 14.2 Å². The minimum atomic E-state index is 0.00719. The molecule has 0 saturated heterocycles. The van der Waals surface area contributed by atoms with Crippen LogP contribution < -0.4 is 4.74 Å². The van der Waals surface area contributed by atoms with Crippen LogP contribution in [0.1, 0.15) is 58.4 Å². The van der Waals surface area contributed by atoms with E-state index in [-0.39, 0.29) is 12.2 Å². The first-order valence-electron chi connectivity index (χ1n) is 11.4. The fourth-order valence-electron chi connectivity index (χ4n) is 3.34. The zero-order valence-corrected chi connectivity index (χ0v) is 20.0. The van der Waals surface area contributed by atoms with Gasteiger partial charge in [0.05, 0.1) is 32.5 Å². The molecule has 31 heavy (non-hydrogen) atoms. The molecule has 0 fully saturated rings. The fourth-order valence-corrected chi connectivity index (χ4v) is 3.34. The molecule has 0 spiro atoms. The predicted octanol–water partition coefficient (Wildman–Crippen LogP) is 7.45. The van der Waals surface area contributed by atoms with Gasteiger partial charge in [-0.15, -0.1) is 13.2 Å². The number of hydrogen-bond acceptors (Lipinski definition) is 3. The number of ether oxygens (including phenoxy) is 3. The highest BCUT2D eigenvalue weighted by Gasteiger charge is 2.16. The Bertz CT molecular complexity index is 668. The van der Waals surface area contributed by atoms with Crippen LogP contribution in [-0.2, 0) is 16.1 Å². The maximum atomic E-state index is 6.33. The average Bonchev–Trinajstić information content (AvgIpc) is 2.75. The Morgan fingerprint density at radius 1 is 1.06 bits per heavy atom. The highest BCUT2D eigenvalue weighted by atomic mass is 16.5. The van der Waals surface area contributed by atoms with Crippen LogP contribution in [-0.4, -0.2) is 25.9 Å². The van der Waals surface area contributed by atoms with E-state index in [0.29, 0.717) is 19.1 Å². The summed E-state index contributed by atoms with van der Waals surface area (Å²) in [5, 5.41) is 0. The van der Waals surface area contributed by atoms with Gasteiger partial charge in [0.1, 0.15) is 5.75 Å². The van der Waals surface area contributed by atoms with Crippen LogP contribution in [0.5, 0.6) is 5.75 Å². The molecule has 172 valence electrons. The Hall–Kier alpha value is -2.10. The first-order valence-corrected chi connectivity index (χ1v) is 11.4. The van der Waals surface area contributed by atoms with E-state index in [1.54, 1.807) is 7.11 Å². The topological polar surface area (TPSA) is 27.7 Å². The Kier molecular flexibility index (Phi) is 14.4. The molecule has 0 aliphatic rings. The first-order chi connectivity index (χ1) is 15.0. The summed E-state index contributed by atoms with van der Waals surface area (Å²) < 4.78 is 17.2. The van der Waals surface area contributed by atoms with E-state index in [0.717, 1.165) is 37.0 Å². The van der Waals surface area contributed by atoms with Gasteiger partial charge in [0.15, 0.2) is 0 Å². The van der Waals surface area contributed by atoms with Gasteiger partial charge in [-0.3, -0.25) is 0 Å². The van der Waals surface area contributed by atoms with E-state index in [2.05, 4.69) is 46.1 Å². The van der Waals surface area contributed by atoms with Crippen molar-refractivity contribution in [2.24, 2.45) is 5.92 Å². The monoisotopic (exact) mass is 426 g/mol. The predicted molar refractivity (Wildman–Crippen MR) is 133 cm³/mol. The van der Waals surface area contributed by atoms with Crippen molar-refractivity contribution in [2.45, 2.75) is 71.7 Å². The third kappa shape index (κ3) is 13.0. The molecule has 0 saturated carbocycles. The lowest BCUT2D eigenvalue weighted by Gasteiger charge is -2.24. The van der Waals surface area contributed by atoms with Gasteiger partial charge >= 0.3 is 0 Å². The van der Waals surface area contributed by atoms with Gasteiger partial charge in [-0.1, -0.05) is 55.0 Å². The molecule has 0 N–H and O–H groups in total. The van der Waals surface area contributed by atoms with Crippen LogP contribution in [0.2, 0.25) is 0 Å². The minimum absolute atomic E-state index is 0.00719. The molecule has 3 nitrogen and oxygen atoms in total. The molecule has 0 aliphatic heterocycles. The van der Waals surface area contributed by atoms with E-state index >= 15 is 0 Å². The summed E-state index contributed by atoms with van der Waals surface area (Å²) in [6.07, 6.45) is 15.5. The Morgan fingerprint density at radius 2 is 1.81 bits per heavy atom. The molecule has 0 heterocycles. The van der Waals surface area contributed by atoms with Gasteiger partial charge in [-0.2, -0.15) is 0 Å². The van der Waals surface area contributed by atoms with E-state index in [9.17, 15) is 0 Å². The summed E-state index contributed by atoms with van der Waals surface area (Å²) in [5.74, 6) is 1.48. The lowest BCUT2D eigenvalue weighted by atomic mass is 9.96. The van der Waals surface area contributed by atoms with Crippen molar-refractivity contribution in [3.05, 3.63) is 78.9 Å². The number of methoxy groups -OCH3 is 1. The molecule has 1 rings (SSSR count). The highest BCUT2D eigenvalue weighted by molar-refractivity contribution is 5.26. The van der Waals surface area contributed by atoms with Gasteiger partial charge in [-0.25, -0.2) is 0 Å². The number of hydrogen-bond donors (Lipinski definition) is 0. The Balaban J connectivity index is 2.36. The van der Waals surface area contributed by atoms with Crippen LogP contribution in [0, 0.1) is 5.92 Å². The second-order valence-electron chi connectivity index (χ2n) is 8.33. The highest BCUT2D eigenvalue weighted by Crippen LogP contribution is 2.20. The zero-order chi connectivity index (χ0) is 22.9. The molecule has 0 radical (unpaired) electrons. The van der Waals surface area contributed by atoms with Crippen molar-refractivity contribution in [1.82, 2.24) is 0 Å². The molecule has 0 aromatic heterocycles. The normalized spacial score (nSPS) is 14.1. The van der Waals surface area contributed by atoms with Crippen molar-refractivity contribution in [3.63, 3.8) is 0 Å². The summed E-state index contributed by atoms with van der Waals surface area (Å²) in [4.78, 5) is 0. The molecule has 1 aromatic rings. The second-order valence-corrected chi connectivity index (χ2v) is 8.33. The molecule has 0 unspecified atom stereocenters. The summed E-state index contributed by atoms with van der Waals surface area (Å²) >= 11 is 0. The number of benzene rings is 1. The fraction of sp³-hybridized carbons (Fsp3) is 0.500. The van der Waals surface area contributed by atoms with E-state index in [4.69, 9.17) is 14.2 Å². The maximum Gasteiger partial charge on any atom is 0.118 e. The molecule has 0 amide bonds. The quantitative estimate of drug-likeness (QED) is 0.191. The largest absolute Gasteiger partial charge is 0.497 e. The van der Waals surface area contributed by atoms with Crippen LogP contribution in [0.4, 0.5) is 0 Å². The smallest absolute Gasteiger partial charge is 0.118 e. The molecule has 3 heteroatoms. The zero-order valence-electron chi connectivity index (χ0n) is 20.0. The summed E-state index contributed by atoms with van der Waals surface area (Å²) in [5.41, 5.74) is 2.52. The molecular formula is C28H42O3. The second kappa shape index (κ2) is 16.6. The van der Waals surface area contributed by atoms with E-state index < -0.39 is 0 Å². The van der Waals surface area contributed by atoms with E-state index in [1.807, 2.05) is 42.5 Å². The molecule has 0 aliphatic carbocycles. The molecule has 3 atom stereocenters. The number of rotatable bonds is 17. The molecule has 0 bridgehead atoms. The van der Waals surface area contributed by atoms with Crippen LogP contribution in [0.15, 0.2) is 73.4 Å². The van der Waals surface area contributed by atoms with Crippen LogP contribution in [0.3, 0.4) is 0 Å². The van der Waals surface area contributed by atoms with Crippen molar-refractivity contribution in [2.75, 3.05) is 13.7 Å². The van der Waals surface area contributed by atoms with E-state index in [1.165, 1.54) is 12.0 Å². The SMILES string of the molecule is C=CC[C@@H](C[C@@H](C)CCC=C(C)C)O[C@@H](C=C)C/C=C\COCc1ccc(OC)cc1. The van der Waals surface area contributed by atoms with Crippen LogP contribution in [0.25, 0.3) is 0 Å². The van der Waals surface area contributed by atoms with Crippen molar-refractivity contribution >= 4 is 0 Å². The van der Waals surface area contributed by atoms with Crippen LogP contribution >= 0.6 is 0 Å². The van der Waals surface area contributed by atoms with Gasteiger partial charge in [0.25, 0.3) is 0 Å². The third-order valence-corrected chi connectivity index (χ3v) is 5.11. The van der Waals surface area contributed by atoms with Gasteiger partial charge in [0, 0.05) is 0 Å². The summed E-state index contributed by atoms with van der Waals surface area (Å²) in [6, 6.07) is 7.93. The van der Waals surface area contributed by atoms with Crippen molar-refractivity contribution < 1.29 is 14.2 Å². The summed E-state index contributed by atoms with van der Waals surface area (Å²) in [7, 11) is 1.67. The summed E-state index contributed by atoms with van der Waals surface area (Å²) in [6.45, 7) is 15.6. The number of allylic oxidation sites excluding steroid dienone is 2. The lowest BCUT2D eigenvalue weighted by Crippen LogP contribution is -2.22. The first kappa shape index (κ1) is 26.9.